The predicted molar refractivity (Wildman–Crippen MR) is 93.2 cm³/mol. The maximum atomic E-state index is 12.5. The summed E-state index contributed by atoms with van der Waals surface area (Å²) >= 11 is 0. The normalized spacial score (nSPS) is 11.5. The molecule has 25 heavy (non-hydrogen) atoms. The number of hydrogen-bond donors (Lipinski definition) is 1. The van der Waals surface area contributed by atoms with E-state index in [1.54, 1.807) is 48.5 Å². The minimum Gasteiger partial charge on any atom is -0.493 e. The molecule has 0 heterocycles. The summed E-state index contributed by atoms with van der Waals surface area (Å²) in [6, 6.07) is 12.8. The average Bonchev–Trinajstić information content (AvgIpc) is 2.65. The van der Waals surface area contributed by atoms with Gasteiger partial charge in [-0.05, 0) is 29.8 Å². The minimum atomic E-state index is -1.07. The van der Waals surface area contributed by atoms with Gasteiger partial charge in [0.2, 0.25) is 0 Å². The number of benzene rings is 2. The van der Waals surface area contributed by atoms with Crippen LogP contribution in [0.4, 0.5) is 0 Å². The van der Waals surface area contributed by atoms with Crippen LogP contribution in [0.15, 0.2) is 48.5 Å². The van der Waals surface area contributed by atoms with Gasteiger partial charge >= 0.3 is 5.97 Å². The first-order valence-corrected chi connectivity index (χ1v) is 7.73. The van der Waals surface area contributed by atoms with Crippen molar-refractivity contribution in [2.24, 2.45) is 0 Å². The molecule has 0 bridgehead atoms. The van der Waals surface area contributed by atoms with Gasteiger partial charge in [0.05, 0.1) is 14.2 Å². The molecule has 6 nitrogen and oxygen atoms in total. The molecule has 0 aromatic heterocycles. The lowest BCUT2D eigenvalue weighted by atomic mass is 10.0. The Labute approximate surface area is 146 Å². The topological polar surface area (TPSA) is 76.1 Å². The lowest BCUT2D eigenvalue weighted by Crippen LogP contribution is -2.43. The number of nitrogens with zero attached hydrogens (tertiary/aromatic N) is 1. The Morgan fingerprint density at radius 2 is 1.68 bits per heavy atom. The van der Waals surface area contributed by atoms with Gasteiger partial charge in [0.15, 0.2) is 11.5 Å². The first-order valence-electron chi connectivity index (χ1n) is 7.73. The molecule has 2 rings (SSSR count). The monoisotopic (exact) mass is 343 g/mol. The van der Waals surface area contributed by atoms with Crippen molar-refractivity contribution >= 4 is 11.9 Å². The molecule has 1 N–H and O–H groups in total. The molecule has 0 fully saturated rings. The minimum absolute atomic E-state index is 0.158. The van der Waals surface area contributed by atoms with E-state index >= 15 is 0 Å². The number of carbonyl (C=O) groups excluding carboxylic acids is 1. The van der Waals surface area contributed by atoms with Crippen molar-refractivity contribution in [1.82, 2.24) is 4.90 Å². The van der Waals surface area contributed by atoms with Crippen LogP contribution in [0, 0.1) is 0 Å². The van der Waals surface area contributed by atoms with Crippen molar-refractivity contribution in [2.45, 2.75) is 12.5 Å². The second kappa shape index (κ2) is 8.19. The summed E-state index contributed by atoms with van der Waals surface area (Å²) in [6.07, 6.45) is 0.158. The van der Waals surface area contributed by atoms with E-state index in [9.17, 15) is 14.7 Å². The van der Waals surface area contributed by atoms with Crippen LogP contribution in [0.5, 0.6) is 11.5 Å². The molecular formula is C19H21NO5. The van der Waals surface area contributed by atoms with E-state index in [0.717, 1.165) is 5.56 Å². The fourth-order valence-corrected chi connectivity index (χ4v) is 2.55. The number of methoxy groups -OCH3 is 2. The van der Waals surface area contributed by atoms with Crippen LogP contribution in [-0.4, -0.2) is 49.2 Å². The van der Waals surface area contributed by atoms with E-state index in [0.29, 0.717) is 17.1 Å². The summed E-state index contributed by atoms with van der Waals surface area (Å²) in [5.74, 6) is -0.330. The molecular weight excluding hydrogens is 322 g/mol. The summed E-state index contributed by atoms with van der Waals surface area (Å²) in [6.45, 7) is 0. The molecule has 132 valence electrons. The summed E-state index contributed by atoms with van der Waals surface area (Å²) in [5.41, 5.74) is 1.18. The van der Waals surface area contributed by atoms with E-state index in [-0.39, 0.29) is 12.3 Å². The first kappa shape index (κ1) is 18.3. The zero-order chi connectivity index (χ0) is 18.4. The molecule has 2 aromatic rings. The van der Waals surface area contributed by atoms with E-state index in [4.69, 9.17) is 9.47 Å². The number of carboxylic acids is 1. The highest BCUT2D eigenvalue weighted by Gasteiger charge is 2.27. The highest BCUT2D eigenvalue weighted by Crippen LogP contribution is 2.28. The van der Waals surface area contributed by atoms with Crippen molar-refractivity contribution in [3.63, 3.8) is 0 Å². The fraction of sp³-hybridized carbons (Fsp3) is 0.263. The number of aliphatic carboxylic acids is 1. The third kappa shape index (κ3) is 4.29. The number of hydrogen-bond acceptors (Lipinski definition) is 4. The van der Waals surface area contributed by atoms with Gasteiger partial charge in [-0.3, -0.25) is 4.79 Å². The number of carbonyl (C=O) groups is 2. The predicted octanol–water partition coefficient (Wildman–Crippen LogP) is 2.47. The van der Waals surface area contributed by atoms with Crippen LogP contribution in [0.2, 0.25) is 0 Å². The quantitative estimate of drug-likeness (QED) is 0.836. The third-order valence-corrected chi connectivity index (χ3v) is 3.97. The van der Waals surface area contributed by atoms with E-state index in [1.807, 2.05) is 0 Å². The number of likely N-dealkylation sites (N-methyl/N-ethyl adjacent to an activating group) is 1. The lowest BCUT2D eigenvalue weighted by Gasteiger charge is -2.25. The van der Waals surface area contributed by atoms with Crippen molar-refractivity contribution in [2.75, 3.05) is 21.3 Å². The van der Waals surface area contributed by atoms with Crippen LogP contribution in [-0.2, 0) is 11.2 Å². The molecule has 0 saturated heterocycles. The van der Waals surface area contributed by atoms with Gasteiger partial charge in [-0.2, -0.15) is 0 Å². The van der Waals surface area contributed by atoms with Gasteiger partial charge in [0, 0.05) is 19.0 Å². The van der Waals surface area contributed by atoms with Gasteiger partial charge in [0.25, 0.3) is 5.91 Å². The number of rotatable bonds is 7. The molecule has 0 aliphatic heterocycles. The van der Waals surface area contributed by atoms with Crippen LogP contribution in [0.3, 0.4) is 0 Å². The highest BCUT2D eigenvalue weighted by molar-refractivity contribution is 5.96. The highest BCUT2D eigenvalue weighted by atomic mass is 16.5. The fourth-order valence-electron chi connectivity index (χ4n) is 2.55. The summed E-state index contributed by atoms with van der Waals surface area (Å²) < 4.78 is 10.4. The zero-order valence-electron chi connectivity index (χ0n) is 14.4. The molecule has 0 aliphatic rings. The molecule has 0 radical (unpaired) electrons. The SMILES string of the molecule is COc1ccc(CC(C(=O)O)N(C)C(=O)c2ccccc2)cc1OC. The average molecular weight is 343 g/mol. The maximum Gasteiger partial charge on any atom is 0.326 e. The van der Waals surface area contributed by atoms with Crippen molar-refractivity contribution in [3.8, 4) is 11.5 Å². The van der Waals surface area contributed by atoms with Crippen molar-refractivity contribution in [3.05, 3.63) is 59.7 Å². The second-order valence-corrected chi connectivity index (χ2v) is 5.53. The van der Waals surface area contributed by atoms with Crippen molar-refractivity contribution < 1.29 is 24.2 Å². The molecule has 0 spiro atoms. The molecule has 0 aliphatic carbocycles. The second-order valence-electron chi connectivity index (χ2n) is 5.53. The maximum absolute atomic E-state index is 12.5. The van der Waals surface area contributed by atoms with E-state index in [2.05, 4.69) is 0 Å². The zero-order valence-corrected chi connectivity index (χ0v) is 14.4. The summed E-state index contributed by atoms with van der Waals surface area (Å²) in [5, 5.41) is 9.58. The largest absolute Gasteiger partial charge is 0.493 e. The summed E-state index contributed by atoms with van der Waals surface area (Å²) in [7, 11) is 4.54. The number of carboxylic acid groups (broad SMARTS) is 1. The Bertz CT molecular complexity index is 745. The van der Waals surface area contributed by atoms with Crippen LogP contribution in [0.25, 0.3) is 0 Å². The van der Waals surface area contributed by atoms with Gasteiger partial charge in [-0.25, -0.2) is 4.79 Å². The van der Waals surface area contributed by atoms with Crippen molar-refractivity contribution in [1.29, 1.82) is 0 Å². The third-order valence-electron chi connectivity index (χ3n) is 3.97. The molecule has 1 unspecified atom stereocenters. The standard InChI is InChI=1S/C19H21NO5/c1-20(18(21)14-7-5-4-6-8-14)15(19(22)23)11-13-9-10-16(24-2)17(12-13)25-3/h4-10,12,15H,11H2,1-3H3,(H,22,23). The Balaban J connectivity index is 2.24. The van der Waals surface area contributed by atoms with Crippen LogP contribution in [0.1, 0.15) is 15.9 Å². The first-order chi connectivity index (χ1) is 12.0. The van der Waals surface area contributed by atoms with Gasteiger partial charge < -0.3 is 19.5 Å². The molecule has 0 saturated carbocycles. The van der Waals surface area contributed by atoms with Crippen LogP contribution < -0.4 is 9.47 Å². The van der Waals surface area contributed by atoms with E-state index < -0.39 is 12.0 Å². The number of ether oxygens (including phenoxy) is 2. The smallest absolute Gasteiger partial charge is 0.326 e. The summed E-state index contributed by atoms with van der Waals surface area (Å²) in [4.78, 5) is 25.5. The molecule has 6 heteroatoms. The van der Waals surface area contributed by atoms with Gasteiger partial charge in [0.1, 0.15) is 6.04 Å². The Hall–Kier alpha value is -3.02. The molecule has 1 atom stereocenters. The van der Waals surface area contributed by atoms with E-state index in [1.165, 1.54) is 26.2 Å². The Kier molecular flexibility index (Phi) is 6.00. The van der Waals surface area contributed by atoms with Gasteiger partial charge in [-0.1, -0.05) is 24.3 Å². The van der Waals surface area contributed by atoms with Crippen LogP contribution >= 0.6 is 0 Å². The lowest BCUT2D eigenvalue weighted by molar-refractivity contribution is -0.141. The number of amides is 1. The molecule has 2 aromatic carbocycles. The molecule has 1 amide bonds. The Morgan fingerprint density at radius 1 is 1.04 bits per heavy atom. The Morgan fingerprint density at radius 3 is 2.24 bits per heavy atom. The van der Waals surface area contributed by atoms with Gasteiger partial charge in [-0.15, -0.1) is 0 Å².